The van der Waals surface area contributed by atoms with Crippen LogP contribution in [0.2, 0.25) is 0 Å². The van der Waals surface area contributed by atoms with E-state index in [1.807, 2.05) is 13.0 Å². The van der Waals surface area contributed by atoms with E-state index in [4.69, 9.17) is 4.74 Å². The molecular weight excluding hydrogens is 255 g/mol. The van der Waals surface area contributed by atoms with Crippen molar-refractivity contribution in [1.82, 2.24) is 5.32 Å². The topological polar surface area (TPSA) is 24.5 Å². The molecule has 0 radical (unpaired) electrons. The monoisotopic (exact) mass is 280 g/mol. The molecule has 0 aromatic heterocycles. The first-order chi connectivity index (χ1) is 9.67. The van der Waals surface area contributed by atoms with Crippen LogP contribution in [0.15, 0.2) is 18.2 Å². The predicted octanol–water partition coefficient (Wildman–Crippen LogP) is 2.94. The summed E-state index contributed by atoms with van der Waals surface area (Å²) in [6.07, 6.45) is 1.10. The van der Waals surface area contributed by atoms with Gasteiger partial charge in [0.2, 0.25) is 0 Å². The summed E-state index contributed by atoms with van der Waals surface area (Å²) in [6, 6.07) is 5.60. The number of nitrogens with one attached hydrogen (secondary N) is 1. The molecule has 1 heterocycles. The zero-order valence-corrected chi connectivity index (χ0v) is 12.7. The lowest BCUT2D eigenvalue weighted by Gasteiger charge is -2.41. The summed E-state index contributed by atoms with van der Waals surface area (Å²) in [7, 11) is 0. The summed E-state index contributed by atoms with van der Waals surface area (Å²) in [5, 5.41) is 3.29. The lowest BCUT2D eigenvalue weighted by Crippen LogP contribution is -2.49. The van der Waals surface area contributed by atoms with Gasteiger partial charge in [0.25, 0.3) is 0 Å². The lowest BCUT2D eigenvalue weighted by molar-refractivity contribution is 0.0296. The Kier molecular flexibility index (Phi) is 5.38. The highest BCUT2D eigenvalue weighted by molar-refractivity contribution is 5.56. The second-order valence-corrected chi connectivity index (χ2v) is 5.39. The molecule has 2 rings (SSSR count). The number of morpholine rings is 1. The van der Waals surface area contributed by atoms with Crippen LogP contribution in [-0.2, 0) is 11.3 Å². The van der Waals surface area contributed by atoms with Crippen LogP contribution in [0.5, 0.6) is 0 Å². The van der Waals surface area contributed by atoms with Crippen LogP contribution in [-0.4, -0.2) is 31.8 Å². The van der Waals surface area contributed by atoms with Crippen LogP contribution in [0.4, 0.5) is 10.1 Å². The molecule has 1 saturated heterocycles. The van der Waals surface area contributed by atoms with E-state index in [1.54, 1.807) is 12.1 Å². The number of rotatable bonds is 5. The first-order valence-corrected chi connectivity index (χ1v) is 7.53. The molecule has 112 valence electrons. The summed E-state index contributed by atoms with van der Waals surface area (Å²) in [5.41, 5.74) is 1.77. The second-order valence-electron chi connectivity index (χ2n) is 5.39. The molecule has 1 aromatic carbocycles. The largest absolute Gasteiger partial charge is 0.375 e. The van der Waals surface area contributed by atoms with Gasteiger partial charge in [0, 0.05) is 13.1 Å². The number of ether oxygens (including phenoxy) is 1. The molecule has 0 aliphatic carbocycles. The maximum absolute atomic E-state index is 14.4. The minimum Gasteiger partial charge on any atom is -0.375 e. The zero-order valence-electron chi connectivity index (χ0n) is 12.7. The molecule has 0 amide bonds. The van der Waals surface area contributed by atoms with Gasteiger partial charge in [-0.3, -0.25) is 0 Å². The van der Waals surface area contributed by atoms with Crippen LogP contribution in [0, 0.1) is 5.82 Å². The van der Waals surface area contributed by atoms with E-state index in [2.05, 4.69) is 24.1 Å². The summed E-state index contributed by atoms with van der Waals surface area (Å²) >= 11 is 0. The Hall–Kier alpha value is -1.13. The number of nitrogens with zero attached hydrogens (tertiary/aromatic N) is 1. The molecule has 0 bridgehead atoms. The smallest absolute Gasteiger partial charge is 0.146 e. The van der Waals surface area contributed by atoms with Gasteiger partial charge in [-0.15, -0.1) is 0 Å². The highest BCUT2D eigenvalue weighted by Crippen LogP contribution is 2.30. The van der Waals surface area contributed by atoms with E-state index in [9.17, 15) is 4.39 Å². The number of halogens is 1. The van der Waals surface area contributed by atoms with Crippen molar-refractivity contribution in [2.24, 2.45) is 0 Å². The average molecular weight is 280 g/mol. The first-order valence-electron chi connectivity index (χ1n) is 7.53. The van der Waals surface area contributed by atoms with Crippen molar-refractivity contribution in [3.63, 3.8) is 0 Å². The van der Waals surface area contributed by atoms with Crippen LogP contribution in [0.1, 0.15) is 32.8 Å². The number of para-hydroxylation sites is 1. The Morgan fingerprint density at radius 2 is 2.20 bits per heavy atom. The van der Waals surface area contributed by atoms with Crippen LogP contribution in [0.25, 0.3) is 0 Å². The highest BCUT2D eigenvalue weighted by atomic mass is 19.1. The minimum absolute atomic E-state index is 0.132. The van der Waals surface area contributed by atoms with E-state index < -0.39 is 0 Å². The van der Waals surface area contributed by atoms with E-state index in [0.29, 0.717) is 13.2 Å². The number of anilines is 1. The van der Waals surface area contributed by atoms with Crippen molar-refractivity contribution in [3.05, 3.63) is 29.6 Å². The Balaban J connectivity index is 2.32. The average Bonchev–Trinajstić information content (AvgIpc) is 2.45. The van der Waals surface area contributed by atoms with Crippen molar-refractivity contribution < 1.29 is 9.13 Å². The van der Waals surface area contributed by atoms with Gasteiger partial charge in [-0.25, -0.2) is 4.39 Å². The molecule has 1 aromatic rings. The normalized spacial score (nSPS) is 23.1. The van der Waals surface area contributed by atoms with E-state index >= 15 is 0 Å². The molecule has 3 nitrogen and oxygen atoms in total. The molecule has 0 spiro atoms. The maximum atomic E-state index is 14.4. The molecule has 1 N–H and O–H groups in total. The van der Waals surface area contributed by atoms with Gasteiger partial charge < -0.3 is 15.0 Å². The summed E-state index contributed by atoms with van der Waals surface area (Å²) in [5.74, 6) is -0.132. The fourth-order valence-corrected chi connectivity index (χ4v) is 2.74. The van der Waals surface area contributed by atoms with E-state index in [1.165, 1.54) is 0 Å². The van der Waals surface area contributed by atoms with Gasteiger partial charge in [0.05, 0.1) is 24.4 Å². The Labute approximate surface area is 121 Å². The predicted molar refractivity (Wildman–Crippen MR) is 80.6 cm³/mol. The fourth-order valence-electron chi connectivity index (χ4n) is 2.74. The lowest BCUT2D eigenvalue weighted by atomic mass is 10.1. The van der Waals surface area contributed by atoms with Crippen molar-refractivity contribution in [2.45, 2.75) is 45.9 Å². The van der Waals surface area contributed by atoms with Crippen molar-refractivity contribution in [1.29, 1.82) is 0 Å². The van der Waals surface area contributed by atoms with E-state index in [-0.39, 0.29) is 18.0 Å². The van der Waals surface area contributed by atoms with Crippen LogP contribution in [0.3, 0.4) is 0 Å². The van der Waals surface area contributed by atoms with Gasteiger partial charge in [-0.05, 0) is 31.5 Å². The number of hydrogen-bond donors (Lipinski definition) is 1. The van der Waals surface area contributed by atoms with Gasteiger partial charge in [0.15, 0.2) is 0 Å². The molecule has 2 unspecified atom stereocenters. The standard InChI is InChI=1S/C16H25FN2O/c1-4-14-11-20-12(3)10-19(14)16-13(9-18-5-2)7-6-8-15(16)17/h6-8,12,14,18H,4-5,9-11H2,1-3H3. The third kappa shape index (κ3) is 3.30. The van der Waals surface area contributed by atoms with Crippen LogP contribution >= 0.6 is 0 Å². The molecule has 2 atom stereocenters. The molecule has 4 heteroatoms. The third-order valence-corrected chi connectivity index (χ3v) is 3.86. The summed E-state index contributed by atoms with van der Waals surface area (Å²) in [4.78, 5) is 2.19. The number of benzene rings is 1. The molecule has 1 aliphatic rings. The Morgan fingerprint density at radius 3 is 2.90 bits per heavy atom. The van der Waals surface area contributed by atoms with Gasteiger partial charge in [0.1, 0.15) is 5.82 Å². The Morgan fingerprint density at radius 1 is 1.40 bits per heavy atom. The zero-order chi connectivity index (χ0) is 14.5. The second kappa shape index (κ2) is 7.04. The third-order valence-electron chi connectivity index (χ3n) is 3.86. The Bertz CT molecular complexity index is 438. The fraction of sp³-hybridized carbons (Fsp3) is 0.625. The molecule has 0 saturated carbocycles. The summed E-state index contributed by atoms with van der Waals surface area (Å²) < 4.78 is 20.1. The molecule has 20 heavy (non-hydrogen) atoms. The maximum Gasteiger partial charge on any atom is 0.146 e. The molecule has 1 aliphatic heterocycles. The SMILES string of the molecule is CCNCc1cccc(F)c1N1CC(C)OCC1CC. The van der Waals surface area contributed by atoms with Crippen molar-refractivity contribution in [3.8, 4) is 0 Å². The summed E-state index contributed by atoms with van der Waals surface area (Å²) in [6.45, 7) is 9.24. The molecule has 1 fully saturated rings. The van der Waals surface area contributed by atoms with Crippen molar-refractivity contribution in [2.75, 3.05) is 24.6 Å². The highest BCUT2D eigenvalue weighted by Gasteiger charge is 2.28. The molecular formula is C16H25FN2O. The minimum atomic E-state index is -0.132. The van der Waals surface area contributed by atoms with Crippen LogP contribution < -0.4 is 10.2 Å². The quantitative estimate of drug-likeness (QED) is 0.897. The first kappa shape index (κ1) is 15.3. The van der Waals surface area contributed by atoms with E-state index in [0.717, 1.165) is 30.8 Å². The van der Waals surface area contributed by atoms with Crippen molar-refractivity contribution >= 4 is 5.69 Å². The number of hydrogen-bond acceptors (Lipinski definition) is 3. The van der Waals surface area contributed by atoms with Gasteiger partial charge in [-0.1, -0.05) is 26.0 Å². The van der Waals surface area contributed by atoms with Gasteiger partial charge >= 0.3 is 0 Å². The van der Waals surface area contributed by atoms with Gasteiger partial charge in [-0.2, -0.15) is 0 Å².